The lowest BCUT2D eigenvalue weighted by molar-refractivity contribution is -0.128. The van der Waals surface area contributed by atoms with Crippen LogP contribution in [0.5, 0.6) is 5.75 Å². The van der Waals surface area contributed by atoms with E-state index >= 15 is 0 Å². The Morgan fingerprint density at radius 3 is 2.67 bits per heavy atom. The molecule has 1 atom stereocenters. The summed E-state index contributed by atoms with van der Waals surface area (Å²) in [6, 6.07) is 6.84. The molecular formula is C18H25N5O3S. The number of hydrogen-bond acceptors (Lipinski definition) is 5. The maximum atomic E-state index is 12.2. The van der Waals surface area contributed by atoms with E-state index in [2.05, 4.69) is 20.8 Å². The molecule has 8 nitrogen and oxygen atoms in total. The summed E-state index contributed by atoms with van der Waals surface area (Å²) in [5.74, 6) is 0.973. The van der Waals surface area contributed by atoms with Gasteiger partial charge < -0.3 is 15.4 Å². The number of rotatable bonds is 9. The summed E-state index contributed by atoms with van der Waals surface area (Å²) in [7, 11) is 1.60. The molecular weight excluding hydrogens is 366 g/mol. The highest BCUT2D eigenvalue weighted by Gasteiger charge is 2.16. The number of carbonyl (C=O) groups excluding carboxylic acids is 2. The zero-order valence-electron chi connectivity index (χ0n) is 15.7. The summed E-state index contributed by atoms with van der Waals surface area (Å²) in [6.45, 7) is 4.58. The number of nitrogens with zero attached hydrogens (tertiary/aromatic N) is 2. The lowest BCUT2D eigenvalue weighted by Crippen LogP contribution is -2.45. The Labute approximate surface area is 163 Å². The molecule has 1 heterocycles. The number of benzene rings is 1. The van der Waals surface area contributed by atoms with Crippen LogP contribution in [0.3, 0.4) is 0 Å². The number of hydrogen-bond donors (Lipinski definition) is 3. The summed E-state index contributed by atoms with van der Waals surface area (Å²) in [4.78, 5) is 24.0. The van der Waals surface area contributed by atoms with Gasteiger partial charge in [-0.25, -0.2) is 0 Å². The summed E-state index contributed by atoms with van der Waals surface area (Å²) in [6.07, 6.45) is 1.03. The fourth-order valence-corrected chi connectivity index (χ4v) is 2.70. The van der Waals surface area contributed by atoms with Crippen molar-refractivity contribution in [2.75, 3.05) is 13.7 Å². The molecule has 1 aromatic heterocycles. The summed E-state index contributed by atoms with van der Waals surface area (Å²) < 4.78 is 7.35. The molecule has 0 aliphatic heterocycles. The van der Waals surface area contributed by atoms with E-state index in [1.54, 1.807) is 18.6 Å². The van der Waals surface area contributed by atoms with Gasteiger partial charge in [-0.3, -0.25) is 19.3 Å². The van der Waals surface area contributed by atoms with Crippen LogP contribution in [-0.2, 0) is 16.1 Å². The zero-order valence-corrected chi connectivity index (χ0v) is 16.6. The normalized spacial score (nSPS) is 11.7. The Bertz CT molecular complexity index is 828. The molecule has 0 saturated carbocycles. The SMILES string of the molecule is CCCNC(=O)C(C)NC(=O)CCn1c(-c2ccc(OC)cc2)n[nH]c1=S. The fourth-order valence-electron chi connectivity index (χ4n) is 2.48. The average Bonchev–Trinajstić information content (AvgIpc) is 3.04. The molecule has 0 aliphatic carbocycles. The van der Waals surface area contributed by atoms with Crippen LogP contribution in [0.4, 0.5) is 0 Å². The fraction of sp³-hybridized carbons (Fsp3) is 0.444. The van der Waals surface area contributed by atoms with Gasteiger partial charge >= 0.3 is 0 Å². The van der Waals surface area contributed by atoms with Crippen LogP contribution in [0.1, 0.15) is 26.7 Å². The van der Waals surface area contributed by atoms with Crippen molar-refractivity contribution < 1.29 is 14.3 Å². The van der Waals surface area contributed by atoms with Gasteiger partial charge in [-0.15, -0.1) is 0 Å². The summed E-state index contributed by atoms with van der Waals surface area (Å²) in [5, 5.41) is 12.5. The Morgan fingerprint density at radius 2 is 2.04 bits per heavy atom. The van der Waals surface area contributed by atoms with Gasteiger partial charge in [0.25, 0.3) is 0 Å². The smallest absolute Gasteiger partial charge is 0.242 e. The monoisotopic (exact) mass is 391 g/mol. The van der Waals surface area contributed by atoms with E-state index < -0.39 is 6.04 Å². The van der Waals surface area contributed by atoms with E-state index in [0.717, 1.165) is 17.7 Å². The molecule has 0 spiro atoms. The van der Waals surface area contributed by atoms with Crippen LogP contribution in [0.25, 0.3) is 11.4 Å². The molecule has 1 unspecified atom stereocenters. The van der Waals surface area contributed by atoms with Gasteiger partial charge in [0.1, 0.15) is 11.8 Å². The van der Waals surface area contributed by atoms with E-state index in [9.17, 15) is 9.59 Å². The molecule has 2 amide bonds. The van der Waals surface area contributed by atoms with E-state index in [4.69, 9.17) is 17.0 Å². The summed E-state index contributed by atoms with van der Waals surface area (Å²) >= 11 is 5.28. The van der Waals surface area contributed by atoms with Crippen molar-refractivity contribution >= 4 is 24.0 Å². The van der Waals surface area contributed by atoms with Crippen LogP contribution >= 0.6 is 12.2 Å². The van der Waals surface area contributed by atoms with Crippen LogP contribution in [0, 0.1) is 4.77 Å². The second-order valence-corrected chi connectivity index (χ2v) is 6.45. The van der Waals surface area contributed by atoms with Crippen molar-refractivity contribution in [1.82, 2.24) is 25.4 Å². The largest absolute Gasteiger partial charge is 0.497 e. The molecule has 27 heavy (non-hydrogen) atoms. The van der Waals surface area contributed by atoms with E-state index in [-0.39, 0.29) is 18.2 Å². The van der Waals surface area contributed by atoms with E-state index in [0.29, 0.717) is 23.7 Å². The predicted molar refractivity (Wildman–Crippen MR) is 105 cm³/mol. The Balaban J connectivity index is 1.99. The van der Waals surface area contributed by atoms with Crippen LogP contribution in [-0.4, -0.2) is 46.3 Å². The van der Waals surface area contributed by atoms with Crippen molar-refractivity contribution in [1.29, 1.82) is 0 Å². The van der Waals surface area contributed by atoms with Crippen molar-refractivity contribution in [2.45, 2.75) is 39.3 Å². The molecule has 3 N–H and O–H groups in total. The lowest BCUT2D eigenvalue weighted by Gasteiger charge is -2.14. The number of ether oxygens (including phenoxy) is 1. The van der Waals surface area contributed by atoms with Gasteiger partial charge in [-0.2, -0.15) is 5.10 Å². The van der Waals surface area contributed by atoms with Crippen molar-refractivity contribution in [3.63, 3.8) is 0 Å². The van der Waals surface area contributed by atoms with Gasteiger partial charge in [-0.05, 0) is 49.8 Å². The third-order valence-corrected chi connectivity index (χ3v) is 4.30. The first-order chi connectivity index (χ1) is 13.0. The highest BCUT2D eigenvalue weighted by molar-refractivity contribution is 7.71. The highest BCUT2D eigenvalue weighted by Crippen LogP contribution is 2.21. The van der Waals surface area contributed by atoms with Crippen LogP contribution in [0.2, 0.25) is 0 Å². The summed E-state index contributed by atoms with van der Waals surface area (Å²) in [5.41, 5.74) is 0.857. The third-order valence-electron chi connectivity index (χ3n) is 3.99. The van der Waals surface area contributed by atoms with Gasteiger partial charge in [0, 0.05) is 25.1 Å². The highest BCUT2D eigenvalue weighted by atomic mass is 32.1. The van der Waals surface area contributed by atoms with Gasteiger partial charge in [-0.1, -0.05) is 6.92 Å². The minimum atomic E-state index is -0.581. The van der Waals surface area contributed by atoms with E-state index in [1.807, 2.05) is 31.2 Å². The minimum absolute atomic E-state index is 0.183. The molecule has 0 saturated heterocycles. The van der Waals surface area contributed by atoms with Gasteiger partial charge in [0.05, 0.1) is 7.11 Å². The quantitative estimate of drug-likeness (QED) is 0.568. The van der Waals surface area contributed by atoms with Crippen LogP contribution in [0.15, 0.2) is 24.3 Å². The second kappa shape index (κ2) is 9.86. The number of aromatic amines is 1. The average molecular weight is 391 g/mol. The maximum absolute atomic E-state index is 12.2. The molecule has 2 aromatic rings. The number of H-pyrrole nitrogens is 1. The minimum Gasteiger partial charge on any atom is -0.497 e. The second-order valence-electron chi connectivity index (χ2n) is 6.06. The Hall–Kier alpha value is -2.68. The first-order valence-corrected chi connectivity index (χ1v) is 9.23. The molecule has 0 aliphatic rings. The first kappa shape index (κ1) is 20.6. The number of carbonyl (C=O) groups is 2. The number of amides is 2. The third kappa shape index (κ3) is 5.65. The van der Waals surface area contributed by atoms with Crippen molar-refractivity contribution in [3.05, 3.63) is 29.0 Å². The molecule has 9 heteroatoms. The Morgan fingerprint density at radius 1 is 1.33 bits per heavy atom. The molecule has 0 bridgehead atoms. The maximum Gasteiger partial charge on any atom is 0.242 e. The number of methoxy groups -OCH3 is 1. The molecule has 146 valence electrons. The van der Waals surface area contributed by atoms with Crippen LogP contribution < -0.4 is 15.4 Å². The number of aromatic nitrogens is 3. The molecule has 1 aromatic carbocycles. The topological polar surface area (TPSA) is 101 Å². The van der Waals surface area contributed by atoms with Gasteiger partial charge in [0.2, 0.25) is 11.8 Å². The van der Waals surface area contributed by atoms with Crippen molar-refractivity contribution in [3.8, 4) is 17.1 Å². The standard InChI is InChI=1S/C18H25N5O3S/c1-4-10-19-17(25)12(2)20-15(24)9-11-23-16(21-22-18(23)27)13-5-7-14(26-3)8-6-13/h5-8,12H,4,9-11H2,1-3H3,(H,19,25)(H,20,24)(H,22,27). The van der Waals surface area contributed by atoms with Crippen molar-refractivity contribution in [2.24, 2.45) is 0 Å². The van der Waals surface area contributed by atoms with Gasteiger partial charge in [0.15, 0.2) is 10.6 Å². The van der Waals surface area contributed by atoms with E-state index in [1.165, 1.54) is 0 Å². The molecule has 0 fully saturated rings. The molecule has 0 radical (unpaired) electrons. The first-order valence-electron chi connectivity index (χ1n) is 8.83. The predicted octanol–water partition coefficient (Wildman–Crippen LogP) is 2.04. The molecule has 2 rings (SSSR count). The Kier molecular flexibility index (Phi) is 7.54. The zero-order chi connectivity index (χ0) is 19.8. The lowest BCUT2D eigenvalue weighted by atomic mass is 10.2. The number of nitrogens with one attached hydrogen (secondary N) is 3.